The van der Waals surface area contributed by atoms with E-state index in [9.17, 15) is 9.59 Å². The number of carbonyl (C=O) groups excluding carboxylic acids is 2. The van der Waals surface area contributed by atoms with Crippen LogP contribution in [0.5, 0.6) is 0 Å². The van der Waals surface area contributed by atoms with E-state index in [1.165, 1.54) is 10.6 Å². The topological polar surface area (TPSA) is 97.4 Å². The first-order chi connectivity index (χ1) is 20.0. The lowest BCUT2D eigenvalue weighted by Crippen LogP contribution is -2.45. The molecule has 0 spiro atoms. The quantitative estimate of drug-likeness (QED) is 0.445. The normalized spacial score (nSPS) is 15.9. The van der Waals surface area contributed by atoms with Crippen LogP contribution in [0.15, 0.2) is 54.7 Å². The average Bonchev–Trinajstić information content (AvgIpc) is 2.96. The number of anilines is 5. The largest absolute Gasteiger partial charge is 0.443 e. The van der Waals surface area contributed by atoms with Gasteiger partial charge in [-0.15, -0.1) is 0 Å². The fourth-order valence-corrected chi connectivity index (χ4v) is 5.11. The first-order valence-electron chi connectivity index (χ1n) is 14.2. The number of benzene rings is 2. The van der Waals surface area contributed by atoms with E-state index in [0.29, 0.717) is 30.5 Å². The van der Waals surface area contributed by atoms with Gasteiger partial charge in [0.25, 0.3) is 0 Å². The second-order valence-corrected chi connectivity index (χ2v) is 11.9. The molecule has 0 aliphatic carbocycles. The predicted octanol–water partition coefficient (Wildman–Crippen LogP) is 4.92. The van der Waals surface area contributed by atoms with Crippen molar-refractivity contribution in [3.8, 4) is 0 Å². The van der Waals surface area contributed by atoms with Crippen molar-refractivity contribution >= 4 is 41.0 Å². The Morgan fingerprint density at radius 3 is 2.40 bits per heavy atom. The van der Waals surface area contributed by atoms with Crippen molar-refractivity contribution in [2.75, 3.05) is 67.3 Å². The number of likely N-dealkylation sites (N-methyl/N-ethyl adjacent to an activating group) is 1. The van der Waals surface area contributed by atoms with Crippen molar-refractivity contribution < 1.29 is 14.3 Å². The Morgan fingerprint density at radius 1 is 1.02 bits per heavy atom. The highest BCUT2D eigenvalue weighted by Crippen LogP contribution is 2.30. The van der Waals surface area contributed by atoms with Crippen LogP contribution in [0.4, 0.5) is 38.4 Å². The van der Waals surface area contributed by atoms with Gasteiger partial charge in [-0.2, -0.15) is 4.98 Å². The molecule has 5 rings (SSSR count). The molecule has 11 nitrogen and oxygen atoms in total. The summed E-state index contributed by atoms with van der Waals surface area (Å²) >= 11 is 0. The van der Waals surface area contributed by atoms with E-state index >= 15 is 0 Å². The molecule has 2 aliphatic heterocycles. The molecule has 1 aromatic heterocycles. The van der Waals surface area contributed by atoms with Gasteiger partial charge in [0.15, 0.2) is 0 Å². The molecule has 3 amide bonds. The summed E-state index contributed by atoms with van der Waals surface area (Å²) < 4.78 is 5.55. The van der Waals surface area contributed by atoms with E-state index in [1.54, 1.807) is 30.1 Å². The number of nitrogens with one attached hydrogen (secondary N) is 1. The summed E-state index contributed by atoms with van der Waals surface area (Å²) in [6.45, 7) is 10.3. The van der Waals surface area contributed by atoms with Gasteiger partial charge in [-0.3, -0.25) is 9.80 Å². The minimum atomic E-state index is -0.614. The number of fused-ring (bicyclic) bond motifs is 1. The monoisotopic (exact) mass is 572 g/mol. The van der Waals surface area contributed by atoms with Crippen molar-refractivity contribution in [3.63, 3.8) is 0 Å². The molecule has 222 valence electrons. The van der Waals surface area contributed by atoms with Gasteiger partial charge >= 0.3 is 12.1 Å². The summed E-state index contributed by atoms with van der Waals surface area (Å²) in [6, 6.07) is 15.6. The van der Waals surface area contributed by atoms with Crippen molar-refractivity contribution in [1.29, 1.82) is 0 Å². The molecule has 3 heterocycles. The van der Waals surface area contributed by atoms with Crippen molar-refractivity contribution in [1.82, 2.24) is 19.8 Å². The predicted molar refractivity (Wildman–Crippen MR) is 166 cm³/mol. The lowest BCUT2D eigenvalue weighted by Gasteiger charge is -2.35. The Morgan fingerprint density at radius 2 is 1.71 bits per heavy atom. The number of amides is 3. The fraction of sp³-hybridized carbons (Fsp3) is 0.419. The maximum atomic E-state index is 13.4. The van der Waals surface area contributed by atoms with Gasteiger partial charge in [-0.1, -0.05) is 18.2 Å². The average molecular weight is 573 g/mol. The minimum absolute atomic E-state index is 0.182. The highest BCUT2D eigenvalue weighted by molar-refractivity contribution is 5.93. The maximum absolute atomic E-state index is 13.4. The Hall–Kier alpha value is -4.38. The van der Waals surface area contributed by atoms with Gasteiger partial charge in [-0.05, 0) is 63.7 Å². The minimum Gasteiger partial charge on any atom is -0.443 e. The Bertz CT molecular complexity index is 1430. The zero-order chi connectivity index (χ0) is 30.0. The van der Waals surface area contributed by atoms with Crippen LogP contribution in [-0.4, -0.2) is 84.8 Å². The van der Waals surface area contributed by atoms with Gasteiger partial charge in [0.05, 0.1) is 12.2 Å². The molecule has 3 aromatic rings. The molecule has 42 heavy (non-hydrogen) atoms. The first kappa shape index (κ1) is 29.1. The smallest absolute Gasteiger partial charge is 0.414 e. The van der Waals surface area contributed by atoms with Crippen LogP contribution in [0, 0.1) is 0 Å². The molecule has 0 unspecified atom stereocenters. The van der Waals surface area contributed by atoms with E-state index in [4.69, 9.17) is 4.74 Å². The Balaban J connectivity index is 1.27. The van der Waals surface area contributed by atoms with Gasteiger partial charge < -0.3 is 24.8 Å². The third-order valence-corrected chi connectivity index (χ3v) is 7.45. The van der Waals surface area contributed by atoms with Gasteiger partial charge in [0.2, 0.25) is 5.95 Å². The summed E-state index contributed by atoms with van der Waals surface area (Å²) in [6.07, 6.45) is 1.31. The molecular weight excluding hydrogens is 532 g/mol. The number of hydrogen-bond acceptors (Lipinski definition) is 8. The third-order valence-electron chi connectivity index (χ3n) is 7.45. The molecule has 0 radical (unpaired) electrons. The molecule has 1 saturated heterocycles. The van der Waals surface area contributed by atoms with E-state index in [2.05, 4.69) is 44.3 Å². The molecule has 1 fully saturated rings. The molecule has 0 saturated carbocycles. The van der Waals surface area contributed by atoms with Crippen LogP contribution in [0.25, 0.3) is 0 Å². The molecule has 2 aliphatic rings. The molecule has 1 N–H and O–H groups in total. The van der Waals surface area contributed by atoms with E-state index < -0.39 is 11.7 Å². The first-order valence-corrected chi connectivity index (χ1v) is 14.2. The summed E-state index contributed by atoms with van der Waals surface area (Å²) in [5, 5.41) is 3.27. The summed E-state index contributed by atoms with van der Waals surface area (Å²) in [5.41, 5.74) is 3.81. The number of para-hydroxylation sites is 1. The van der Waals surface area contributed by atoms with E-state index in [-0.39, 0.29) is 6.03 Å². The number of aromatic nitrogens is 2. The van der Waals surface area contributed by atoms with Crippen LogP contribution in [0.3, 0.4) is 0 Å². The van der Waals surface area contributed by atoms with Crippen molar-refractivity contribution in [3.05, 3.63) is 65.9 Å². The fourth-order valence-electron chi connectivity index (χ4n) is 5.11. The number of rotatable bonds is 6. The van der Waals surface area contributed by atoms with Gasteiger partial charge in [-0.25, -0.2) is 14.6 Å². The second kappa shape index (κ2) is 11.8. The van der Waals surface area contributed by atoms with Crippen LogP contribution in [0.1, 0.15) is 31.9 Å². The summed E-state index contributed by atoms with van der Waals surface area (Å²) in [5.74, 6) is 1.00. The number of nitrogens with zero attached hydrogens (tertiary/aromatic N) is 7. The highest BCUT2D eigenvalue weighted by atomic mass is 16.6. The van der Waals surface area contributed by atoms with Gasteiger partial charge in [0.1, 0.15) is 11.4 Å². The third kappa shape index (κ3) is 6.57. The number of carbonyl (C=O) groups is 2. The molecule has 11 heteroatoms. The van der Waals surface area contributed by atoms with Crippen LogP contribution < -0.4 is 20.0 Å². The lowest BCUT2D eigenvalue weighted by molar-refractivity contribution is 0.0589. The Labute approximate surface area is 247 Å². The Kier molecular flexibility index (Phi) is 8.22. The molecule has 0 bridgehead atoms. The summed E-state index contributed by atoms with van der Waals surface area (Å²) in [4.78, 5) is 44.8. The van der Waals surface area contributed by atoms with Crippen LogP contribution >= 0.6 is 0 Å². The van der Waals surface area contributed by atoms with Gasteiger partial charge in [0, 0.05) is 70.0 Å². The highest BCUT2D eigenvalue weighted by Gasteiger charge is 2.31. The van der Waals surface area contributed by atoms with Crippen molar-refractivity contribution in [2.45, 2.75) is 39.5 Å². The molecular formula is C31H40N8O3. The molecule has 2 aromatic carbocycles. The van der Waals surface area contributed by atoms with Crippen LogP contribution in [-0.2, 0) is 17.8 Å². The number of hydrogen-bond donors (Lipinski definition) is 1. The number of piperazine rings is 1. The number of ether oxygens (including phenoxy) is 1. The number of urea groups is 1. The molecule has 0 atom stereocenters. The SMILES string of the molecule is CN1CCN(c2ccc(Nc3ncc4c(n3)N(C)C(=O)N(Cc3ccccc3N(C)C(=O)OC(C)(C)C)C4)cc2)CC1. The zero-order valence-electron chi connectivity index (χ0n) is 25.3. The van der Waals surface area contributed by atoms with Crippen LogP contribution in [0.2, 0.25) is 0 Å². The van der Waals surface area contributed by atoms with Crippen molar-refractivity contribution in [2.24, 2.45) is 0 Å². The summed E-state index contributed by atoms with van der Waals surface area (Å²) in [7, 11) is 5.54. The maximum Gasteiger partial charge on any atom is 0.414 e. The van der Waals surface area contributed by atoms with E-state index in [1.807, 2.05) is 57.2 Å². The zero-order valence-corrected chi connectivity index (χ0v) is 25.3. The standard InChI is InChI=1S/C31H40N8O3/c1-31(2,3)42-30(41)36(5)26-10-8-7-9-22(26)20-39-21-23-19-32-28(34-27(23)37(6)29(39)40)33-24-11-13-25(14-12-24)38-17-15-35(4)16-18-38/h7-14,19H,15-18,20-21H2,1-6H3,(H,32,33,34). The second-order valence-electron chi connectivity index (χ2n) is 11.9. The lowest BCUT2D eigenvalue weighted by atomic mass is 10.1. The van der Waals surface area contributed by atoms with E-state index in [0.717, 1.165) is 43.0 Å².